The number of carbonyl (C=O) groups excluding carboxylic acids is 1. The summed E-state index contributed by atoms with van der Waals surface area (Å²) < 4.78 is 0. The van der Waals surface area contributed by atoms with Crippen LogP contribution < -0.4 is 5.32 Å². The van der Waals surface area contributed by atoms with Gasteiger partial charge in [0.1, 0.15) is 0 Å². The maximum absolute atomic E-state index is 11.9. The molecule has 98 valence electrons. The molecular formula is C12H16N2O4. The molecule has 1 unspecified atom stereocenters. The van der Waals surface area contributed by atoms with Gasteiger partial charge in [0.15, 0.2) is 0 Å². The van der Waals surface area contributed by atoms with E-state index in [-0.39, 0.29) is 29.8 Å². The second-order valence-electron chi connectivity index (χ2n) is 4.14. The summed E-state index contributed by atoms with van der Waals surface area (Å²) in [7, 11) is 0. The van der Waals surface area contributed by atoms with E-state index in [0.29, 0.717) is 12.0 Å². The van der Waals surface area contributed by atoms with Gasteiger partial charge in [-0.1, -0.05) is 6.07 Å². The van der Waals surface area contributed by atoms with Gasteiger partial charge in [-0.3, -0.25) is 14.9 Å². The summed E-state index contributed by atoms with van der Waals surface area (Å²) in [5.74, 6) is -0.364. The van der Waals surface area contributed by atoms with Gasteiger partial charge >= 0.3 is 0 Å². The molecule has 1 aromatic carbocycles. The SMILES string of the molecule is Cc1ccc([N+](=O)[O-])cc1C(=O)NC(C)CCO. The van der Waals surface area contributed by atoms with Gasteiger partial charge in [-0.25, -0.2) is 0 Å². The summed E-state index contributed by atoms with van der Waals surface area (Å²) in [5, 5.41) is 22.1. The second-order valence-corrected chi connectivity index (χ2v) is 4.14. The van der Waals surface area contributed by atoms with Crippen LogP contribution in [0, 0.1) is 17.0 Å². The van der Waals surface area contributed by atoms with Gasteiger partial charge in [0.2, 0.25) is 0 Å². The van der Waals surface area contributed by atoms with E-state index in [9.17, 15) is 14.9 Å². The standard InChI is InChI=1S/C12H16N2O4/c1-8-3-4-10(14(17)18)7-11(8)12(16)13-9(2)5-6-15/h3-4,7,9,15H,5-6H2,1-2H3,(H,13,16). The van der Waals surface area contributed by atoms with Crippen LogP contribution in [0.2, 0.25) is 0 Å². The number of hydrogen-bond donors (Lipinski definition) is 2. The predicted molar refractivity (Wildman–Crippen MR) is 66.5 cm³/mol. The van der Waals surface area contributed by atoms with Gasteiger partial charge in [-0.15, -0.1) is 0 Å². The number of aryl methyl sites for hydroxylation is 1. The maximum atomic E-state index is 11.9. The Morgan fingerprint density at radius 3 is 2.78 bits per heavy atom. The first-order valence-corrected chi connectivity index (χ1v) is 5.62. The fraction of sp³-hybridized carbons (Fsp3) is 0.417. The smallest absolute Gasteiger partial charge is 0.270 e. The summed E-state index contributed by atoms with van der Waals surface area (Å²) in [6, 6.07) is 3.99. The molecule has 18 heavy (non-hydrogen) atoms. The summed E-state index contributed by atoms with van der Waals surface area (Å²) >= 11 is 0. The number of nitro benzene ring substituents is 1. The Morgan fingerprint density at radius 1 is 1.56 bits per heavy atom. The Bertz CT molecular complexity index is 459. The van der Waals surface area contributed by atoms with Gasteiger partial charge in [0.25, 0.3) is 11.6 Å². The molecule has 1 atom stereocenters. The number of amides is 1. The largest absolute Gasteiger partial charge is 0.396 e. The quantitative estimate of drug-likeness (QED) is 0.612. The van der Waals surface area contributed by atoms with E-state index in [2.05, 4.69) is 5.32 Å². The van der Waals surface area contributed by atoms with E-state index in [4.69, 9.17) is 5.11 Å². The predicted octanol–water partition coefficient (Wildman–Crippen LogP) is 1.40. The van der Waals surface area contributed by atoms with Gasteiger partial charge in [0.05, 0.1) is 4.92 Å². The minimum atomic E-state index is -0.534. The molecule has 6 heteroatoms. The average molecular weight is 252 g/mol. The lowest BCUT2D eigenvalue weighted by Crippen LogP contribution is -2.33. The number of non-ortho nitro benzene ring substituents is 1. The molecule has 0 spiro atoms. The molecule has 6 nitrogen and oxygen atoms in total. The number of carbonyl (C=O) groups is 1. The van der Waals surface area contributed by atoms with Crippen molar-refractivity contribution in [2.45, 2.75) is 26.3 Å². The minimum absolute atomic E-state index is 0.0185. The topological polar surface area (TPSA) is 92.5 Å². The number of nitro groups is 1. The van der Waals surface area contributed by atoms with Crippen LogP contribution in [0.25, 0.3) is 0 Å². The highest BCUT2D eigenvalue weighted by Gasteiger charge is 2.15. The molecule has 0 aromatic heterocycles. The van der Waals surface area contributed by atoms with E-state index in [0.717, 1.165) is 0 Å². The minimum Gasteiger partial charge on any atom is -0.396 e. The van der Waals surface area contributed by atoms with Crippen molar-refractivity contribution < 1.29 is 14.8 Å². The molecule has 1 rings (SSSR count). The number of nitrogens with one attached hydrogen (secondary N) is 1. The van der Waals surface area contributed by atoms with E-state index < -0.39 is 4.92 Å². The van der Waals surface area contributed by atoms with Crippen LogP contribution in [0.1, 0.15) is 29.3 Å². The lowest BCUT2D eigenvalue weighted by atomic mass is 10.1. The van der Waals surface area contributed by atoms with Crippen molar-refractivity contribution in [2.75, 3.05) is 6.61 Å². The van der Waals surface area contributed by atoms with E-state index in [1.54, 1.807) is 19.9 Å². The third kappa shape index (κ3) is 3.53. The summed E-state index contributed by atoms with van der Waals surface area (Å²) in [6.45, 7) is 3.46. The fourth-order valence-corrected chi connectivity index (χ4v) is 1.54. The van der Waals surface area contributed by atoms with Crippen molar-refractivity contribution in [1.82, 2.24) is 5.32 Å². The summed E-state index contributed by atoms with van der Waals surface area (Å²) in [4.78, 5) is 22.0. The average Bonchev–Trinajstić information content (AvgIpc) is 2.29. The number of aliphatic hydroxyl groups is 1. The zero-order chi connectivity index (χ0) is 13.7. The fourth-order valence-electron chi connectivity index (χ4n) is 1.54. The zero-order valence-electron chi connectivity index (χ0n) is 10.3. The van der Waals surface area contributed by atoms with Gasteiger partial charge < -0.3 is 10.4 Å². The van der Waals surface area contributed by atoms with Crippen LogP contribution >= 0.6 is 0 Å². The molecule has 0 bridgehead atoms. The lowest BCUT2D eigenvalue weighted by Gasteiger charge is -2.13. The van der Waals surface area contributed by atoms with Crippen molar-refractivity contribution in [2.24, 2.45) is 0 Å². The van der Waals surface area contributed by atoms with Crippen molar-refractivity contribution in [3.05, 3.63) is 39.4 Å². The van der Waals surface area contributed by atoms with E-state index in [1.165, 1.54) is 12.1 Å². The molecule has 0 radical (unpaired) electrons. The molecule has 0 saturated heterocycles. The Labute approximate surface area is 105 Å². The highest BCUT2D eigenvalue weighted by atomic mass is 16.6. The van der Waals surface area contributed by atoms with Crippen LogP contribution in [0.4, 0.5) is 5.69 Å². The van der Waals surface area contributed by atoms with Crippen LogP contribution in [-0.4, -0.2) is 28.6 Å². The van der Waals surface area contributed by atoms with Gasteiger partial charge in [0, 0.05) is 30.3 Å². The third-order valence-corrected chi connectivity index (χ3v) is 2.62. The van der Waals surface area contributed by atoms with Gasteiger partial charge in [-0.05, 0) is 25.8 Å². The molecule has 1 amide bonds. The Balaban J connectivity index is 2.91. The first-order chi connectivity index (χ1) is 8.45. The molecule has 0 aliphatic rings. The van der Waals surface area contributed by atoms with E-state index >= 15 is 0 Å². The van der Waals surface area contributed by atoms with Crippen molar-refractivity contribution in [1.29, 1.82) is 0 Å². The van der Waals surface area contributed by atoms with Crippen molar-refractivity contribution >= 4 is 11.6 Å². The van der Waals surface area contributed by atoms with Crippen molar-refractivity contribution in [3.63, 3.8) is 0 Å². The summed E-state index contributed by atoms with van der Waals surface area (Å²) in [6.07, 6.45) is 0.444. The molecule has 0 aliphatic heterocycles. The van der Waals surface area contributed by atoms with Gasteiger partial charge in [-0.2, -0.15) is 0 Å². The first-order valence-electron chi connectivity index (χ1n) is 5.62. The molecule has 1 aromatic rings. The zero-order valence-corrected chi connectivity index (χ0v) is 10.3. The molecule has 2 N–H and O–H groups in total. The second kappa shape index (κ2) is 6.11. The maximum Gasteiger partial charge on any atom is 0.270 e. The Kier molecular flexibility index (Phi) is 4.79. The van der Waals surface area contributed by atoms with Crippen LogP contribution in [-0.2, 0) is 0 Å². The third-order valence-electron chi connectivity index (χ3n) is 2.62. The van der Waals surface area contributed by atoms with E-state index in [1.807, 2.05) is 0 Å². The normalized spacial score (nSPS) is 11.9. The molecular weight excluding hydrogens is 236 g/mol. The number of aliphatic hydroxyl groups excluding tert-OH is 1. The highest BCUT2D eigenvalue weighted by Crippen LogP contribution is 2.17. The number of rotatable bonds is 5. The van der Waals surface area contributed by atoms with Crippen molar-refractivity contribution in [3.8, 4) is 0 Å². The number of nitrogens with zero attached hydrogens (tertiary/aromatic N) is 1. The first kappa shape index (κ1) is 14.1. The lowest BCUT2D eigenvalue weighted by molar-refractivity contribution is -0.384. The van der Waals surface area contributed by atoms with Crippen LogP contribution in [0.15, 0.2) is 18.2 Å². The molecule has 0 fully saturated rings. The van der Waals surface area contributed by atoms with Crippen LogP contribution in [0.3, 0.4) is 0 Å². The molecule has 0 heterocycles. The monoisotopic (exact) mass is 252 g/mol. The Morgan fingerprint density at radius 2 is 2.22 bits per heavy atom. The molecule has 0 saturated carbocycles. The Hall–Kier alpha value is -1.95. The highest BCUT2D eigenvalue weighted by molar-refractivity contribution is 5.96. The number of hydrogen-bond acceptors (Lipinski definition) is 4. The molecule has 0 aliphatic carbocycles. The van der Waals surface area contributed by atoms with Crippen LogP contribution in [0.5, 0.6) is 0 Å². The number of benzene rings is 1. The summed E-state index contributed by atoms with van der Waals surface area (Å²) in [5.41, 5.74) is 0.851.